The molecule has 0 spiro atoms. The predicted octanol–water partition coefficient (Wildman–Crippen LogP) is 4.24. The van der Waals surface area contributed by atoms with Crippen molar-refractivity contribution in [2.75, 3.05) is 7.11 Å². The van der Waals surface area contributed by atoms with Gasteiger partial charge in [-0.2, -0.15) is 4.68 Å². The van der Waals surface area contributed by atoms with E-state index in [-0.39, 0.29) is 17.3 Å². The number of ether oxygens (including phenoxy) is 1. The van der Waals surface area contributed by atoms with Crippen LogP contribution in [-0.4, -0.2) is 32.6 Å². The van der Waals surface area contributed by atoms with Gasteiger partial charge in [0.2, 0.25) is 5.13 Å². The molecule has 7 nitrogen and oxygen atoms in total. The van der Waals surface area contributed by atoms with Gasteiger partial charge in [-0.05, 0) is 41.7 Å². The molecule has 0 saturated carbocycles. The number of fused-ring (bicyclic) bond motifs is 4. The molecule has 0 amide bonds. The molecule has 1 N–H and O–H groups in total. The van der Waals surface area contributed by atoms with Gasteiger partial charge in [0.15, 0.2) is 11.4 Å². The molecule has 0 bridgehead atoms. The molecule has 158 valence electrons. The zero-order valence-corrected chi connectivity index (χ0v) is 18.0. The fraction of sp³-hybridized carbons (Fsp3) is 0.167. The number of hydrogen-bond acceptors (Lipinski definition) is 6. The third-order valence-corrected chi connectivity index (χ3v) is 7.08. The lowest BCUT2D eigenvalue weighted by molar-refractivity contribution is 0.0964. The van der Waals surface area contributed by atoms with E-state index in [0.29, 0.717) is 34.6 Å². The highest BCUT2D eigenvalue weighted by atomic mass is 32.1. The monoisotopic (exact) mass is 442 g/mol. The van der Waals surface area contributed by atoms with Crippen LogP contribution in [0.1, 0.15) is 33.8 Å². The lowest BCUT2D eigenvalue weighted by Gasteiger charge is -2.25. The van der Waals surface area contributed by atoms with Crippen LogP contribution in [0, 0.1) is 0 Å². The van der Waals surface area contributed by atoms with Crippen LogP contribution in [0.3, 0.4) is 0 Å². The van der Waals surface area contributed by atoms with Crippen molar-refractivity contribution in [3.63, 3.8) is 0 Å². The van der Waals surface area contributed by atoms with Crippen molar-refractivity contribution in [1.82, 2.24) is 19.7 Å². The van der Waals surface area contributed by atoms with Crippen molar-refractivity contribution in [3.05, 3.63) is 81.8 Å². The number of nitrogens with one attached hydrogen (secondary N) is 1. The van der Waals surface area contributed by atoms with E-state index in [1.165, 1.54) is 16.0 Å². The number of benzene rings is 2. The summed E-state index contributed by atoms with van der Waals surface area (Å²) in [6, 6.07) is 15.5. The molecule has 32 heavy (non-hydrogen) atoms. The number of nitrogens with zero attached hydrogens (tertiary/aromatic N) is 3. The van der Waals surface area contributed by atoms with Crippen molar-refractivity contribution in [2.45, 2.75) is 18.8 Å². The highest BCUT2D eigenvalue weighted by Gasteiger charge is 2.31. The van der Waals surface area contributed by atoms with Crippen molar-refractivity contribution >= 4 is 38.4 Å². The van der Waals surface area contributed by atoms with Gasteiger partial charge in [0.1, 0.15) is 5.75 Å². The summed E-state index contributed by atoms with van der Waals surface area (Å²) in [7, 11) is 1.63. The summed E-state index contributed by atoms with van der Waals surface area (Å²) in [5.74, 6) is 0.672. The summed E-state index contributed by atoms with van der Waals surface area (Å²) in [4.78, 5) is 35.5. The van der Waals surface area contributed by atoms with Gasteiger partial charge in [0.05, 0.1) is 22.7 Å². The van der Waals surface area contributed by atoms with Gasteiger partial charge in [-0.25, -0.2) is 9.97 Å². The number of para-hydroxylation sites is 2. The summed E-state index contributed by atoms with van der Waals surface area (Å²) in [6.45, 7) is 0. The van der Waals surface area contributed by atoms with Crippen LogP contribution in [0.4, 0.5) is 0 Å². The van der Waals surface area contributed by atoms with Crippen LogP contribution >= 0.6 is 11.3 Å². The number of methoxy groups -OCH3 is 1. The Balaban J connectivity index is 1.52. The van der Waals surface area contributed by atoms with E-state index < -0.39 is 0 Å². The molecule has 6 rings (SSSR count). The summed E-state index contributed by atoms with van der Waals surface area (Å²) in [6.07, 6.45) is 2.50. The Morgan fingerprint density at radius 2 is 1.91 bits per heavy atom. The first-order valence-electron chi connectivity index (χ1n) is 10.3. The summed E-state index contributed by atoms with van der Waals surface area (Å²) >= 11 is 1.43. The number of carbonyl (C=O) groups is 1. The van der Waals surface area contributed by atoms with Crippen LogP contribution in [-0.2, 0) is 6.42 Å². The molecule has 0 radical (unpaired) electrons. The van der Waals surface area contributed by atoms with Crippen LogP contribution in [0.15, 0.2) is 59.5 Å². The van der Waals surface area contributed by atoms with Gasteiger partial charge in [-0.3, -0.25) is 14.7 Å². The van der Waals surface area contributed by atoms with E-state index in [9.17, 15) is 9.59 Å². The Labute approximate surface area is 186 Å². The van der Waals surface area contributed by atoms with E-state index in [1.807, 2.05) is 48.5 Å². The molecule has 1 atom stereocenters. The van der Waals surface area contributed by atoms with Crippen molar-refractivity contribution in [3.8, 4) is 10.9 Å². The molecular formula is C24H18N4O3S. The second-order valence-corrected chi connectivity index (χ2v) is 8.87. The number of thiazole rings is 1. The van der Waals surface area contributed by atoms with E-state index >= 15 is 0 Å². The minimum absolute atomic E-state index is 0.0105. The van der Waals surface area contributed by atoms with Gasteiger partial charge in [-0.15, -0.1) is 0 Å². The number of pyridine rings is 1. The molecule has 1 aliphatic carbocycles. The maximum atomic E-state index is 13.5. The van der Waals surface area contributed by atoms with E-state index in [2.05, 4.69) is 15.1 Å². The zero-order chi connectivity index (χ0) is 21.8. The zero-order valence-electron chi connectivity index (χ0n) is 17.2. The Hall–Kier alpha value is -3.78. The third kappa shape index (κ3) is 2.80. The number of aromatic amines is 1. The quantitative estimate of drug-likeness (QED) is 0.451. The SMILES string of the molecule is COc1ccccc1C1CC(=O)c2cnc3[nH]n(-c4nc5ccccc5s4)c(=O)c3c2C1. The van der Waals surface area contributed by atoms with Crippen LogP contribution in [0.25, 0.3) is 26.4 Å². The molecule has 0 saturated heterocycles. The second kappa shape index (κ2) is 7.13. The number of hydrogen-bond donors (Lipinski definition) is 1. The highest BCUT2D eigenvalue weighted by Crippen LogP contribution is 2.38. The van der Waals surface area contributed by atoms with Crippen LogP contribution < -0.4 is 10.3 Å². The molecule has 1 aliphatic rings. The largest absolute Gasteiger partial charge is 0.496 e. The number of aromatic nitrogens is 4. The average molecular weight is 443 g/mol. The predicted molar refractivity (Wildman–Crippen MR) is 123 cm³/mol. The fourth-order valence-electron chi connectivity index (χ4n) is 4.55. The van der Waals surface area contributed by atoms with Gasteiger partial charge in [0, 0.05) is 18.2 Å². The topological polar surface area (TPSA) is 89.9 Å². The van der Waals surface area contributed by atoms with E-state index in [0.717, 1.165) is 27.1 Å². The number of H-pyrrole nitrogens is 1. The van der Waals surface area contributed by atoms with E-state index in [1.54, 1.807) is 13.3 Å². The lowest BCUT2D eigenvalue weighted by atomic mass is 9.79. The molecule has 3 aromatic heterocycles. The Morgan fingerprint density at radius 1 is 1.09 bits per heavy atom. The normalized spacial score (nSPS) is 15.9. The molecule has 2 aromatic carbocycles. The Kier molecular flexibility index (Phi) is 4.22. The first-order valence-corrected chi connectivity index (χ1v) is 11.1. The van der Waals surface area contributed by atoms with Crippen LogP contribution in [0.5, 0.6) is 5.75 Å². The van der Waals surface area contributed by atoms with Gasteiger partial charge >= 0.3 is 0 Å². The van der Waals surface area contributed by atoms with Crippen molar-refractivity contribution in [1.29, 1.82) is 0 Å². The number of ketones is 1. The maximum absolute atomic E-state index is 13.5. The number of rotatable bonds is 3. The summed E-state index contributed by atoms with van der Waals surface area (Å²) in [5, 5.41) is 4.09. The van der Waals surface area contributed by atoms with Crippen molar-refractivity contribution in [2.24, 2.45) is 0 Å². The number of Topliss-reactive ketones (excluding diaryl/α,β-unsaturated/α-hetero) is 1. The highest BCUT2D eigenvalue weighted by molar-refractivity contribution is 7.20. The Bertz CT molecular complexity index is 1550. The van der Waals surface area contributed by atoms with Crippen LogP contribution in [0.2, 0.25) is 0 Å². The minimum Gasteiger partial charge on any atom is -0.496 e. The molecule has 5 aromatic rings. The summed E-state index contributed by atoms with van der Waals surface area (Å²) < 4.78 is 7.95. The van der Waals surface area contributed by atoms with Gasteiger partial charge < -0.3 is 4.74 Å². The molecular weight excluding hydrogens is 424 g/mol. The first kappa shape index (κ1) is 18.9. The Morgan fingerprint density at radius 3 is 2.75 bits per heavy atom. The lowest BCUT2D eigenvalue weighted by Crippen LogP contribution is -2.22. The molecule has 8 heteroatoms. The molecule has 0 aliphatic heterocycles. The summed E-state index contributed by atoms with van der Waals surface area (Å²) in [5.41, 5.74) is 3.29. The molecule has 1 unspecified atom stereocenters. The smallest absolute Gasteiger partial charge is 0.283 e. The molecule has 0 fully saturated rings. The fourth-order valence-corrected chi connectivity index (χ4v) is 5.48. The van der Waals surface area contributed by atoms with Gasteiger partial charge in [-0.1, -0.05) is 41.7 Å². The average Bonchev–Trinajstić information content (AvgIpc) is 3.40. The maximum Gasteiger partial charge on any atom is 0.283 e. The molecule has 3 heterocycles. The standard InChI is InChI=1S/C24H18N4O3S/c1-31-19-8-4-2-6-14(19)13-10-15-16(18(29)11-13)12-25-22-21(15)23(30)28(27-22)24-26-17-7-3-5-9-20(17)32-24/h2-9,12-13H,10-11H2,1H3,(H,25,27). The first-order chi connectivity index (χ1) is 15.6. The number of carbonyl (C=O) groups excluding carboxylic acids is 1. The van der Waals surface area contributed by atoms with Crippen molar-refractivity contribution < 1.29 is 9.53 Å². The van der Waals surface area contributed by atoms with Gasteiger partial charge in [0.25, 0.3) is 5.56 Å². The second-order valence-electron chi connectivity index (χ2n) is 7.86. The van der Waals surface area contributed by atoms with E-state index in [4.69, 9.17) is 4.74 Å². The third-order valence-electron chi connectivity index (χ3n) is 6.06. The minimum atomic E-state index is -0.239.